The quantitative estimate of drug-likeness (QED) is 0.0975. The van der Waals surface area contributed by atoms with Gasteiger partial charge in [-0.3, -0.25) is 9.05 Å². The van der Waals surface area contributed by atoms with Gasteiger partial charge < -0.3 is 30.5 Å². The molecule has 226 valence electrons. The highest BCUT2D eigenvalue weighted by Crippen LogP contribution is 2.44. The molecule has 0 aromatic heterocycles. The van der Waals surface area contributed by atoms with Gasteiger partial charge in [-0.15, -0.1) is 0 Å². The Hall–Kier alpha value is -1.26. The molecule has 11 heteroatoms. The minimum atomic E-state index is -4.31. The van der Waals surface area contributed by atoms with Gasteiger partial charge in [0.25, 0.3) is 0 Å². The van der Waals surface area contributed by atoms with E-state index in [0.29, 0.717) is 6.42 Å². The van der Waals surface area contributed by atoms with Gasteiger partial charge in [0, 0.05) is 6.20 Å². The first kappa shape index (κ1) is 33.9. The maximum Gasteiger partial charge on any atom is 0.472 e. The molecular weight excluding hydrogens is 521 g/mol. The van der Waals surface area contributed by atoms with E-state index in [0.717, 1.165) is 12.8 Å². The molecule has 0 bridgehead atoms. The van der Waals surface area contributed by atoms with E-state index in [1.54, 1.807) is 0 Å². The molecule has 10 nitrogen and oxygen atoms in total. The van der Waals surface area contributed by atoms with Crippen molar-refractivity contribution in [3.63, 3.8) is 0 Å². The molecule has 0 aliphatic carbocycles. The minimum Gasteiger partial charge on any atom is -0.387 e. The van der Waals surface area contributed by atoms with Crippen LogP contribution in [0.4, 0.5) is 0 Å². The lowest BCUT2D eigenvalue weighted by Crippen LogP contribution is -2.42. The van der Waals surface area contributed by atoms with Crippen LogP contribution in [0.25, 0.3) is 0 Å². The van der Waals surface area contributed by atoms with Crippen LogP contribution < -0.4 is 5.73 Å². The van der Waals surface area contributed by atoms with Crippen molar-refractivity contribution in [1.29, 1.82) is 0 Å². The monoisotopic (exact) mass is 573 g/mol. The summed E-state index contributed by atoms with van der Waals surface area (Å²) in [5.74, 6) is 0.495. The van der Waals surface area contributed by atoms with E-state index < -0.39 is 39.0 Å². The summed E-state index contributed by atoms with van der Waals surface area (Å²) < 4.78 is 28.0. The van der Waals surface area contributed by atoms with Gasteiger partial charge in [-0.25, -0.2) is 9.56 Å². The third kappa shape index (κ3) is 13.3. The predicted octanol–water partition coefficient (Wildman–Crippen LogP) is 5.49. The number of aliphatic imine (C=N–C) groups is 1. The van der Waals surface area contributed by atoms with Crippen molar-refractivity contribution < 1.29 is 33.5 Å². The van der Waals surface area contributed by atoms with Crippen LogP contribution in [0.2, 0.25) is 0 Å². The zero-order valence-electron chi connectivity index (χ0n) is 23.8. The Morgan fingerprint density at radius 1 is 0.923 bits per heavy atom. The van der Waals surface area contributed by atoms with Crippen molar-refractivity contribution in [3.8, 4) is 0 Å². The molecule has 2 rings (SSSR count). The molecule has 0 saturated carbocycles. The predicted molar refractivity (Wildman–Crippen MR) is 154 cm³/mol. The number of rotatable bonds is 22. The van der Waals surface area contributed by atoms with Crippen molar-refractivity contribution in [2.75, 3.05) is 13.2 Å². The summed E-state index contributed by atoms with van der Waals surface area (Å²) in [6, 6.07) is 0. The number of phosphoric acid groups is 1. The first-order valence-corrected chi connectivity index (χ1v) is 16.4. The number of aliphatic hydroxyl groups is 2. The Morgan fingerprint density at radius 3 is 1.95 bits per heavy atom. The average molecular weight is 574 g/mol. The van der Waals surface area contributed by atoms with E-state index in [-0.39, 0.29) is 18.3 Å². The Bertz CT molecular complexity index is 810. The van der Waals surface area contributed by atoms with E-state index in [9.17, 15) is 19.7 Å². The lowest BCUT2D eigenvalue weighted by molar-refractivity contribution is -0.0691. The van der Waals surface area contributed by atoms with Crippen LogP contribution in [-0.4, -0.2) is 63.6 Å². The zero-order valence-corrected chi connectivity index (χ0v) is 24.7. The maximum atomic E-state index is 12.2. The van der Waals surface area contributed by atoms with Gasteiger partial charge >= 0.3 is 7.82 Å². The third-order valence-electron chi connectivity index (χ3n) is 7.23. The second-order valence-electron chi connectivity index (χ2n) is 10.6. The smallest absolute Gasteiger partial charge is 0.387 e. The molecule has 2 unspecified atom stereocenters. The van der Waals surface area contributed by atoms with Crippen molar-refractivity contribution in [2.45, 2.75) is 134 Å². The maximum absolute atomic E-state index is 12.2. The highest BCUT2D eigenvalue weighted by molar-refractivity contribution is 7.47. The SMILES string of the molecule is C=C1N=C(N)C=CN1[C@@H]1O[C@H](COP(=O)(O)OCCCCCCCCCCCCCCCCCC)[C@H](O)C1O. The number of aliphatic hydroxyl groups excluding tert-OH is 2. The van der Waals surface area contributed by atoms with Crippen LogP contribution in [0.5, 0.6) is 0 Å². The average Bonchev–Trinajstić information content (AvgIpc) is 3.18. The molecule has 2 heterocycles. The van der Waals surface area contributed by atoms with Crippen molar-refractivity contribution >= 4 is 13.7 Å². The summed E-state index contributed by atoms with van der Waals surface area (Å²) in [5, 5.41) is 20.7. The molecule has 2 aliphatic heterocycles. The fraction of sp³-hybridized carbons (Fsp3) is 0.821. The minimum absolute atomic E-state index is 0.114. The van der Waals surface area contributed by atoms with Crippen LogP contribution in [0, 0.1) is 0 Å². The van der Waals surface area contributed by atoms with Crippen molar-refractivity contribution in [1.82, 2.24) is 4.90 Å². The highest BCUT2D eigenvalue weighted by atomic mass is 31.2. The number of hydrogen-bond acceptors (Lipinski definition) is 9. The number of nitrogens with zero attached hydrogens (tertiary/aromatic N) is 2. The van der Waals surface area contributed by atoms with Crippen LogP contribution in [0.15, 0.2) is 29.7 Å². The topological polar surface area (TPSA) is 147 Å². The summed E-state index contributed by atoms with van der Waals surface area (Å²) >= 11 is 0. The summed E-state index contributed by atoms with van der Waals surface area (Å²) in [7, 11) is -4.31. The second-order valence-corrected chi connectivity index (χ2v) is 12.1. The van der Waals surface area contributed by atoms with Crippen molar-refractivity contribution in [2.24, 2.45) is 10.7 Å². The van der Waals surface area contributed by atoms with Gasteiger partial charge in [0.1, 0.15) is 30.0 Å². The lowest BCUT2D eigenvalue weighted by atomic mass is 10.0. The van der Waals surface area contributed by atoms with Gasteiger partial charge in [0.15, 0.2) is 6.23 Å². The Kier molecular flexibility index (Phi) is 16.5. The fourth-order valence-corrected chi connectivity index (χ4v) is 5.62. The van der Waals surface area contributed by atoms with Crippen LogP contribution in [0.3, 0.4) is 0 Å². The number of phosphoric ester groups is 1. The number of nitrogens with two attached hydrogens (primary N) is 1. The molecule has 0 radical (unpaired) electrons. The molecule has 1 fully saturated rings. The summed E-state index contributed by atoms with van der Waals surface area (Å²) in [6.45, 7) is 5.71. The first-order valence-electron chi connectivity index (χ1n) is 14.9. The Morgan fingerprint density at radius 2 is 1.44 bits per heavy atom. The van der Waals surface area contributed by atoms with Gasteiger partial charge in [0.05, 0.1) is 13.2 Å². The molecule has 5 atom stereocenters. The van der Waals surface area contributed by atoms with Crippen LogP contribution in [-0.2, 0) is 18.3 Å². The molecule has 0 aromatic rings. The number of unbranched alkanes of at least 4 members (excludes halogenated alkanes) is 15. The van der Waals surface area contributed by atoms with Gasteiger partial charge in [-0.05, 0) is 12.5 Å². The molecule has 39 heavy (non-hydrogen) atoms. The normalized spacial score (nSPS) is 24.8. The Balaban J connectivity index is 1.46. The molecule has 0 spiro atoms. The fourth-order valence-electron chi connectivity index (χ4n) is 4.85. The van der Waals surface area contributed by atoms with Gasteiger partial charge in [0.2, 0.25) is 0 Å². The lowest BCUT2D eigenvalue weighted by Gasteiger charge is -2.30. The van der Waals surface area contributed by atoms with E-state index >= 15 is 0 Å². The first-order chi connectivity index (χ1) is 18.7. The summed E-state index contributed by atoms with van der Waals surface area (Å²) in [6.07, 6.45) is 18.4. The van der Waals surface area contributed by atoms with Crippen molar-refractivity contribution in [3.05, 3.63) is 24.7 Å². The third-order valence-corrected chi connectivity index (χ3v) is 8.21. The molecule has 0 aromatic carbocycles. The standard InChI is InChI=1S/C28H52N3O7P/c1-3-4-5-6-7-8-9-10-11-12-13-14-15-16-17-18-21-36-39(34,35)37-22-24-26(32)27(33)28(38-24)31-20-19-25(29)30-23(31)2/h19-20,24,26-28,32-33H,2-18,21-22H2,1H3,(H2,29,30)(H,34,35)/t24-,26+,27?,28-/m1/s1. The number of ether oxygens (including phenoxy) is 1. The van der Waals surface area contributed by atoms with E-state index in [2.05, 4.69) is 18.5 Å². The molecule has 1 saturated heterocycles. The molecular formula is C28H52N3O7P. The second kappa shape index (κ2) is 19.0. The van der Waals surface area contributed by atoms with Gasteiger partial charge in [-0.1, -0.05) is 110 Å². The largest absolute Gasteiger partial charge is 0.472 e. The van der Waals surface area contributed by atoms with Crippen LogP contribution >= 0.6 is 7.82 Å². The highest BCUT2D eigenvalue weighted by Gasteiger charge is 2.46. The van der Waals surface area contributed by atoms with E-state index in [1.165, 1.54) is 101 Å². The molecule has 2 aliphatic rings. The zero-order chi connectivity index (χ0) is 28.5. The van der Waals surface area contributed by atoms with E-state index in [4.69, 9.17) is 19.5 Å². The molecule has 5 N–H and O–H groups in total. The summed E-state index contributed by atoms with van der Waals surface area (Å²) in [5.41, 5.74) is 5.62. The Labute approximate surface area is 234 Å². The van der Waals surface area contributed by atoms with Crippen LogP contribution in [0.1, 0.15) is 110 Å². The molecule has 0 amide bonds. The summed E-state index contributed by atoms with van der Waals surface area (Å²) in [4.78, 5) is 15.4. The van der Waals surface area contributed by atoms with Gasteiger partial charge in [-0.2, -0.15) is 0 Å². The van der Waals surface area contributed by atoms with E-state index in [1.807, 2.05) is 0 Å². The number of amidine groups is 1. The number of hydrogen-bond donors (Lipinski definition) is 4.